The molecule has 0 fully saturated rings. The minimum absolute atomic E-state index is 0.301. The highest BCUT2D eigenvalue weighted by atomic mass is 127. The highest BCUT2D eigenvalue weighted by molar-refractivity contribution is 14.1. The molecule has 1 aromatic heterocycles. The Morgan fingerprint density at radius 2 is 2.23 bits per heavy atom. The van der Waals surface area contributed by atoms with Crippen molar-refractivity contribution in [2.24, 2.45) is 0 Å². The van der Waals surface area contributed by atoms with Gasteiger partial charge in [0.1, 0.15) is 0 Å². The van der Waals surface area contributed by atoms with Crippen LogP contribution in [0.4, 0.5) is 8.78 Å². The van der Waals surface area contributed by atoms with Crippen LogP contribution in [0.3, 0.4) is 0 Å². The van der Waals surface area contributed by atoms with Crippen LogP contribution in [0.2, 0.25) is 0 Å². The number of rotatable bonds is 2. The third kappa shape index (κ3) is 2.25. The summed E-state index contributed by atoms with van der Waals surface area (Å²) in [7, 11) is 0. The largest absolute Gasteiger partial charge is 0.392 e. The van der Waals surface area contributed by atoms with E-state index in [2.05, 4.69) is 4.98 Å². The third-order valence-corrected chi connectivity index (χ3v) is 2.47. The molecule has 72 valence electrons. The van der Waals surface area contributed by atoms with Gasteiger partial charge in [-0.15, -0.1) is 0 Å². The van der Waals surface area contributed by atoms with Crippen molar-refractivity contribution in [1.82, 2.24) is 4.98 Å². The van der Waals surface area contributed by atoms with Gasteiger partial charge in [-0.2, -0.15) is 0 Å². The topological polar surface area (TPSA) is 53.1 Å². The van der Waals surface area contributed by atoms with Crippen molar-refractivity contribution in [3.05, 3.63) is 31.2 Å². The molecular weight excluding hydrogens is 295 g/mol. The number of nitrogens with one attached hydrogen (secondary N) is 1. The SMILES string of the molecule is O=c1[nH]c(I)c(CO)cc1C(F)F. The summed E-state index contributed by atoms with van der Waals surface area (Å²) in [6, 6.07) is 1.02. The minimum atomic E-state index is -2.81. The van der Waals surface area contributed by atoms with Crippen LogP contribution in [0.25, 0.3) is 0 Å². The molecule has 0 radical (unpaired) electrons. The molecule has 0 bridgehead atoms. The van der Waals surface area contributed by atoms with Gasteiger partial charge in [0.25, 0.3) is 12.0 Å². The van der Waals surface area contributed by atoms with Crippen molar-refractivity contribution >= 4 is 22.6 Å². The van der Waals surface area contributed by atoms with E-state index in [1.54, 1.807) is 22.6 Å². The predicted molar refractivity (Wildman–Crippen MR) is 50.7 cm³/mol. The molecule has 0 aliphatic rings. The molecule has 0 amide bonds. The van der Waals surface area contributed by atoms with E-state index < -0.39 is 17.5 Å². The maximum absolute atomic E-state index is 12.2. The molecule has 1 heterocycles. The lowest BCUT2D eigenvalue weighted by molar-refractivity contribution is 0.149. The van der Waals surface area contributed by atoms with Crippen molar-refractivity contribution in [1.29, 1.82) is 0 Å². The van der Waals surface area contributed by atoms with E-state index in [-0.39, 0.29) is 6.61 Å². The number of halogens is 3. The van der Waals surface area contributed by atoms with Gasteiger partial charge in [-0.3, -0.25) is 4.79 Å². The second-order valence-corrected chi connectivity index (χ2v) is 3.43. The lowest BCUT2D eigenvalue weighted by Gasteiger charge is -2.03. The number of aliphatic hydroxyl groups is 1. The molecule has 0 saturated heterocycles. The normalized spacial score (nSPS) is 10.8. The number of aliphatic hydroxyl groups excluding tert-OH is 1. The standard InChI is InChI=1S/C7H6F2INO2/c8-5(9)4-1-3(2-12)6(10)11-7(4)13/h1,5,12H,2H2,(H,11,13). The van der Waals surface area contributed by atoms with E-state index in [0.717, 1.165) is 6.07 Å². The molecule has 0 aliphatic carbocycles. The first-order chi connectivity index (χ1) is 6.06. The van der Waals surface area contributed by atoms with Crippen LogP contribution in [0.1, 0.15) is 17.6 Å². The third-order valence-electron chi connectivity index (χ3n) is 1.50. The summed E-state index contributed by atoms with van der Waals surface area (Å²) in [6.45, 7) is -0.366. The fourth-order valence-electron chi connectivity index (χ4n) is 0.846. The average Bonchev–Trinajstić information content (AvgIpc) is 2.03. The Labute approximate surface area is 85.9 Å². The van der Waals surface area contributed by atoms with Crippen molar-refractivity contribution in [2.45, 2.75) is 13.0 Å². The number of H-pyrrole nitrogens is 1. The molecule has 3 nitrogen and oxygen atoms in total. The fraction of sp³-hybridized carbons (Fsp3) is 0.286. The van der Waals surface area contributed by atoms with Crippen LogP contribution < -0.4 is 5.56 Å². The molecule has 0 spiro atoms. The van der Waals surface area contributed by atoms with Crippen LogP contribution in [0, 0.1) is 3.70 Å². The molecule has 0 saturated carbocycles. The molecule has 0 unspecified atom stereocenters. The molecule has 2 N–H and O–H groups in total. The van der Waals surface area contributed by atoms with E-state index in [1.807, 2.05) is 0 Å². The van der Waals surface area contributed by atoms with Crippen molar-refractivity contribution in [2.75, 3.05) is 0 Å². The summed E-state index contributed by atoms with van der Waals surface area (Å²) in [5.41, 5.74) is -1.11. The van der Waals surface area contributed by atoms with Gasteiger partial charge in [0, 0.05) is 5.56 Å². The van der Waals surface area contributed by atoms with E-state index in [9.17, 15) is 13.6 Å². The lowest BCUT2D eigenvalue weighted by Crippen LogP contribution is -2.15. The Morgan fingerprint density at radius 3 is 2.69 bits per heavy atom. The van der Waals surface area contributed by atoms with Gasteiger partial charge in [-0.05, 0) is 28.7 Å². The Kier molecular flexibility index (Phi) is 3.37. The molecule has 6 heteroatoms. The monoisotopic (exact) mass is 301 g/mol. The van der Waals surface area contributed by atoms with Crippen LogP contribution >= 0.6 is 22.6 Å². The first-order valence-electron chi connectivity index (χ1n) is 3.37. The Balaban J connectivity index is 3.31. The molecule has 0 aromatic carbocycles. The summed E-state index contributed by atoms with van der Waals surface area (Å²) in [5, 5.41) is 8.74. The van der Waals surface area contributed by atoms with Gasteiger partial charge >= 0.3 is 0 Å². The number of pyridine rings is 1. The van der Waals surface area contributed by atoms with Gasteiger partial charge < -0.3 is 10.1 Å². The molecular formula is C7H6F2INO2. The number of aromatic amines is 1. The lowest BCUT2D eigenvalue weighted by atomic mass is 10.2. The Bertz CT molecular complexity index is 364. The zero-order valence-corrected chi connectivity index (χ0v) is 8.51. The van der Waals surface area contributed by atoms with Gasteiger partial charge in [-0.25, -0.2) is 8.78 Å². The van der Waals surface area contributed by atoms with Gasteiger partial charge in [-0.1, -0.05) is 0 Å². The predicted octanol–water partition coefficient (Wildman–Crippen LogP) is 1.41. The highest BCUT2D eigenvalue weighted by Gasteiger charge is 2.14. The van der Waals surface area contributed by atoms with Crippen LogP contribution in [-0.4, -0.2) is 10.1 Å². The summed E-state index contributed by atoms with van der Waals surface area (Å²) >= 11 is 1.77. The number of alkyl halides is 2. The van der Waals surface area contributed by atoms with Crippen molar-refractivity contribution < 1.29 is 13.9 Å². The highest BCUT2D eigenvalue weighted by Crippen LogP contribution is 2.17. The average molecular weight is 301 g/mol. The van der Waals surface area contributed by atoms with Gasteiger partial charge in [0.15, 0.2) is 0 Å². The smallest absolute Gasteiger partial charge is 0.269 e. The molecule has 0 aliphatic heterocycles. The van der Waals surface area contributed by atoms with E-state index in [0.29, 0.717) is 9.26 Å². The van der Waals surface area contributed by atoms with Crippen molar-refractivity contribution in [3.63, 3.8) is 0 Å². The van der Waals surface area contributed by atoms with Gasteiger partial charge in [0.2, 0.25) is 0 Å². The summed E-state index contributed by atoms with van der Waals surface area (Å²) in [4.78, 5) is 13.2. The van der Waals surface area contributed by atoms with E-state index in [1.165, 1.54) is 0 Å². The molecule has 13 heavy (non-hydrogen) atoms. The Hall–Kier alpha value is -0.500. The fourth-order valence-corrected chi connectivity index (χ4v) is 1.42. The number of aromatic nitrogens is 1. The summed E-state index contributed by atoms with van der Waals surface area (Å²) < 4.78 is 24.7. The number of hydrogen-bond acceptors (Lipinski definition) is 2. The zero-order valence-electron chi connectivity index (χ0n) is 6.35. The summed E-state index contributed by atoms with van der Waals surface area (Å²) in [6.07, 6.45) is -2.81. The van der Waals surface area contributed by atoms with Gasteiger partial charge in [0.05, 0.1) is 15.9 Å². The van der Waals surface area contributed by atoms with Crippen molar-refractivity contribution in [3.8, 4) is 0 Å². The molecule has 1 aromatic rings. The van der Waals surface area contributed by atoms with E-state index >= 15 is 0 Å². The second-order valence-electron chi connectivity index (χ2n) is 2.35. The Morgan fingerprint density at radius 1 is 1.62 bits per heavy atom. The first kappa shape index (κ1) is 10.6. The molecule has 0 atom stereocenters. The minimum Gasteiger partial charge on any atom is -0.392 e. The zero-order chi connectivity index (χ0) is 10.0. The maximum atomic E-state index is 12.2. The molecule has 1 rings (SSSR count). The van der Waals surface area contributed by atoms with Crippen LogP contribution in [0.15, 0.2) is 10.9 Å². The maximum Gasteiger partial charge on any atom is 0.269 e. The first-order valence-corrected chi connectivity index (χ1v) is 4.44. The second kappa shape index (κ2) is 4.14. The van der Waals surface area contributed by atoms with E-state index in [4.69, 9.17) is 5.11 Å². The van der Waals surface area contributed by atoms with Crippen LogP contribution in [-0.2, 0) is 6.61 Å². The summed E-state index contributed by atoms with van der Waals surface area (Å²) in [5.74, 6) is 0. The quantitative estimate of drug-likeness (QED) is 0.641. The number of hydrogen-bond donors (Lipinski definition) is 2. The van der Waals surface area contributed by atoms with Crippen LogP contribution in [0.5, 0.6) is 0 Å².